The van der Waals surface area contributed by atoms with Crippen molar-refractivity contribution in [2.45, 2.75) is 19.3 Å². The number of halogens is 2. The van der Waals surface area contributed by atoms with Crippen LogP contribution in [-0.2, 0) is 4.79 Å². The van der Waals surface area contributed by atoms with Gasteiger partial charge in [0.1, 0.15) is 11.6 Å². The second-order valence-electron chi connectivity index (χ2n) is 4.31. The van der Waals surface area contributed by atoms with Gasteiger partial charge in [-0.1, -0.05) is 13.0 Å². The number of hydrogen-bond donors (Lipinski definition) is 1. The Labute approximate surface area is 105 Å². The van der Waals surface area contributed by atoms with Gasteiger partial charge in [0, 0.05) is 26.1 Å². The third kappa shape index (κ3) is 3.77. The minimum Gasteiger partial charge on any atom is -0.395 e. The van der Waals surface area contributed by atoms with E-state index in [2.05, 4.69) is 0 Å². The third-order valence-corrected chi connectivity index (χ3v) is 2.84. The first kappa shape index (κ1) is 14.6. The molecule has 0 aliphatic heterocycles. The monoisotopic (exact) mass is 257 g/mol. The third-order valence-electron chi connectivity index (χ3n) is 2.84. The zero-order valence-corrected chi connectivity index (χ0v) is 10.5. The van der Waals surface area contributed by atoms with Crippen molar-refractivity contribution >= 4 is 5.91 Å². The number of aliphatic hydroxyl groups is 1. The lowest BCUT2D eigenvalue weighted by molar-refractivity contribution is -0.130. The second-order valence-corrected chi connectivity index (χ2v) is 4.31. The molecular weight excluding hydrogens is 240 g/mol. The molecule has 1 aromatic carbocycles. The topological polar surface area (TPSA) is 40.5 Å². The lowest BCUT2D eigenvalue weighted by atomic mass is 9.96. The number of aliphatic hydroxyl groups excluding tert-OH is 1. The van der Waals surface area contributed by atoms with Gasteiger partial charge in [-0.3, -0.25) is 4.79 Å². The van der Waals surface area contributed by atoms with E-state index in [1.807, 2.05) is 0 Å². The van der Waals surface area contributed by atoms with Crippen LogP contribution in [0.5, 0.6) is 0 Å². The first-order chi connectivity index (χ1) is 8.45. The van der Waals surface area contributed by atoms with Crippen LogP contribution in [0.3, 0.4) is 0 Å². The highest BCUT2D eigenvalue weighted by molar-refractivity contribution is 5.76. The lowest BCUT2D eigenvalue weighted by Gasteiger charge is -2.19. The highest BCUT2D eigenvalue weighted by Crippen LogP contribution is 2.23. The van der Waals surface area contributed by atoms with E-state index in [0.717, 1.165) is 6.07 Å². The Morgan fingerprint density at radius 1 is 1.44 bits per heavy atom. The number of carbonyl (C=O) groups excluding carboxylic acids is 1. The number of rotatable bonds is 5. The maximum absolute atomic E-state index is 13.5. The van der Waals surface area contributed by atoms with Crippen LogP contribution < -0.4 is 0 Å². The molecule has 18 heavy (non-hydrogen) atoms. The Bertz CT molecular complexity index is 423. The van der Waals surface area contributed by atoms with E-state index in [1.165, 1.54) is 17.0 Å². The van der Waals surface area contributed by atoms with Gasteiger partial charge in [0.2, 0.25) is 5.91 Å². The highest BCUT2D eigenvalue weighted by Gasteiger charge is 2.17. The maximum Gasteiger partial charge on any atom is 0.222 e. The second kappa shape index (κ2) is 6.44. The summed E-state index contributed by atoms with van der Waals surface area (Å²) in [6, 6.07) is 3.35. The van der Waals surface area contributed by atoms with Gasteiger partial charge in [-0.05, 0) is 17.5 Å². The van der Waals surface area contributed by atoms with E-state index in [1.54, 1.807) is 14.0 Å². The first-order valence-electron chi connectivity index (χ1n) is 5.75. The Balaban J connectivity index is 2.70. The molecule has 0 saturated heterocycles. The minimum atomic E-state index is -0.639. The van der Waals surface area contributed by atoms with Crippen LogP contribution in [0.2, 0.25) is 0 Å². The van der Waals surface area contributed by atoms with Crippen molar-refractivity contribution in [3.8, 4) is 0 Å². The van der Waals surface area contributed by atoms with E-state index < -0.39 is 11.6 Å². The molecule has 1 rings (SSSR count). The average Bonchev–Trinajstić information content (AvgIpc) is 2.28. The van der Waals surface area contributed by atoms with Crippen LogP contribution in [0.4, 0.5) is 8.78 Å². The molecule has 3 nitrogen and oxygen atoms in total. The minimum absolute atomic E-state index is 0.110. The van der Waals surface area contributed by atoms with E-state index in [0.29, 0.717) is 5.56 Å². The Morgan fingerprint density at radius 3 is 2.67 bits per heavy atom. The van der Waals surface area contributed by atoms with Crippen LogP contribution >= 0.6 is 0 Å². The molecule has 0 aliphatic rings. The Hall–Kier alpha value is -1.49. The standard InChI is InChI=1S/C13H17F2NO2/c1-9(7-13(18)16(2)5-6-17)11-4-3-10(14)8-12(11)15/h3-4,8-9,17H,5-7H2,1-2H3. The van der Waals surface area contributed by atoms with Crippen LogP contribution in [0.25, 0.3) is 0 Å². The molecule has 0 heterocycles. The molecule has 0 aliphatic carbocycles. The largest absolute Gasteiger partial charge is 0.395 e. The molecule has 5 heteroatoms. The molecule has 0 fully saturated rings. The van der Waals surface area contributed by atoms with Gasteiger partial charge in [0.15, 0.2) is 0 Å². The van der Waals surface area contributed by atoms with Gasteiger partial charge in [0.05, 0.1) is 6.61 Å². The summed E-state index contributed by atoms with van der Waals surface area (Å²) in [6.07, 6.45) is 0.124. The maximum atomic E-state index is 13.5. The summed E-state index contributed by atoms with van der Waals surface area (Å²) in [7, 11) is 1.58. The van der Waals surface area contributed by atoms with E-state index in [9.17, 15) is 13.6 Å². The molecule has 1 amide bonds. The Kier molecular flexibility index (Phi) is 5.22. The summed E-state index contributed by atoms with van der Waals surface area (Å²) in [4.78, 5) is 13.1. The molecule has 1 aromatic rings. The molecule has 1 unspecified atom stereocenters. The summed E-state index contributed by atoms with van der Waals surface area (Å²) < 4.78 is 26.3. The molecule has 100 valence electrons. The van der Waals surface area contributed by atoms with Gasteiger partial charge < -0.3 is 10.0 Å². The summed E-state index contributed by atoms with van der Waals surface area (Å²) >= 11 is 0. The first-order valence-corrected chi connectivity index (χ1v) is 5.75. The number of nitrogens with zero attached hydrogens (tertiary/aromatic N) is 1. The molecule has 0 aromatic heterocycles. The molecular formula is C13H17F2NO2. The average molecular weight is 257 g/mol. The van der Waals surface area contributed by atoms with Crippen LogP contribution in [-0.4, -0.2) is 36.1 Å². The fourth-order valence-corrected chi connectivity index (χ4v) is 1.70. The molecule has 0 saturated carbocycles. The van der Waals surface area contributed by atoms with Crippen molar-refractivity contribution in [2.24, 2.45) is 0 Å². The number of likely N-dealkylation sites (N-methyl/N-ethyl adjacent to an activating group) is 1. The summed E-state index contributed by atoms with van der Waals surface area (Å²) in [6.45, 7) is 1.85. The van der Waals surface area contributed by atoms with Crippen molar-refractivity contribution in [3.63, 3.8) is 0 Å². The normalized spacial score (nSPS) is 12.3. The van der Waals surface area contributed by atoms with Crippen LogP contribution in [0.15, 0.2) is 18.2 Å². The quantitative estimate of drug-likeness (QED) is 0.875. The van der Waals surface area contributed by atoms with Crippen molar-refractivity contribution in [1.29, 1.82) is 0 Å². The SMILES string of the molecule is CC(CC(=O)N(C)CCO)c1ccc(F)cc1F. The number of carbonyl (C=O) groups is 1. The van der Waals surface area contributed by atoms with E-state index in [-0.39, 0.29) is 31.4 Å². The fourth-order valence-electron chi connectivity index (χ4n) is 1.70. The lowest BCUT2D eigenvalue weighted by Crippen LogP contribution is -2.30. The molecule has 1 atom stereocenters. The Morgan fingerprint density at radius 2 is 2.11 bits per heavy atom. The zero-order chi connectivity index (χ0) is 13.7. The van der Waals surface area contributed by atoms with Gasteiger partial charge in [-0.25, -0.2) is 8.78 Å². The van der Waals surface area contributed by atoms with Gasteiger partial charge in [-0.15, -0.1) is 0 Å². The fraction of sp³-hybridized carbons (Fsp3) is 0.462. The molecule has 1 N–H and O–H groups in total. The smallest absolute Gasteiger partial charge is 0.222 e. The summed E-state index contributed by atoms with van der Waals surface area (Å²) in [5.74, 6) is -1.79. The van der Waals surface area contributed by atoms with Gasteiger partial charge >= 0.3 is 0 Å². The number of amides is 1. The van der Waals surface area contributed by atoms with Crippen LogP contribution in [0, 0.1) is 11.6 Å². The van der Waals surface area contributed by atoms with Crippen molar-refractivity contribution < 1.29 is 18.7 Å². The van der Waals surface area contributed by atoms with E-state index in [4.69, 9.17) is 5.11 Å². The molecule has 0 spiro atoms. The van der Waals surface area contributed by atoms with Crippen LogP contribution in [0.1, 0.15) is 24.8 Å². The zero-order valence-electron chi connectivity index (χ0n) is 10.5. The number of hydrogen-bond acceptors (Lipinski definition) is 2. The molecule has 0 radical (unpaired) electrons. The van der Waals surface area contributed by atoms with Gasteiger partial charge in [0.25, 0.3) is 0 Å². The van der Waals surface area contributed by atoms with E-state index >= 15 is 0 Å². The molecule has 0 bridgehead atoms. The van der Waals surface area contributed by atoms with Crippen molar-refractivity contribution in [2.75, 3.05) is 20.2 Å². The summed E-state index contributed by atoms with van der Waals surface area (Å²) in [5, 5.41) is 8.72. The summed E-state index contributed by atoms with van der Waals surface area (Å²) in [5.41, 5.74) is 0.321. The predicted molar refractivity (Wildman–Crippen MR) is 64.1 cm³/mol. The van der Waals surface area contributed by atoms with Gasteiger partial charge in [-0.2, -0.15) is 0 Å². The highest BCUT2D eigenvalue weighted by atomic mass is 19.1. The number of benzene rings is 1. The van der Waals surface area contributed by atoms with Crippen molar-refractivity contribution in [1.82, 2.24) is 4.90 Å². The van der Waals surface area contributed by atoms with Crippen molar-refractivity contribution in [3.05, 3.63) is 35.4 Å². The predicted octanol–water partition coefficient (Wildman–Crippen LogP) is 1.91.